The summed E-state index contributed by atoms with van der Waals surface area (Å²) in [5, 5.41) is 4.88. The largest absolute Gasteiger partial charge is 0.456 e. The van der Waals surface area contributed by atoms with Crippen molar-refractivity contribution in [3.63, 3.8) is 0 Å². The van der Waals surface area contributed by atoms with Gasteiger partial charge in [0.1, 0.15) is 17.8 Å². The Balaban J connectivity index is 1.86. The van der Waals surface area contributed by atoms with Gasteiger partial charge in [-0.25, -0.2) is 0 Å². The van der Waals surface area contributed by atoms with Crippen LogP contribution in [0.1, 0.15) is 13.8 Å². The van der Waals surface area contributed by atoms with Gasteiger partial charge in [-0.2, -0.15) is 0 Å². The van der Waals surface area contributed by atoms with E-state index in [2.05, 4.69) is 5.32 Å². The standard InChI is InChI=1S/C17H17NO3/c1-11(2)20-10-17(19)18-12-7-8-16-14(9-12)13-5-3-4-6-15(13)21-16/h3-9,11H,10H2,1-2H3,(H,18,19). The summed E-state index contributed by atoms with van der Waals surface area (Å²) in [5.74, 6) is -0.157. The van der Waals surface area contributed by atoms with Crippen molar-refractivity contribution in [3.8, 4) is 0 Å². The highest BCUT2D eigenvalue weighted by molar-refractivity contribution is 6.06. The molecule has 0 unspecified atom stereocenters. The summed E-state index contributed by atoms with van der Waals surface area (Å²) in [6.07, 6.45) is 0.0380. The van der Waals surface area contributed by atoms with Crippen LogP contribution in [-0.4, -0.2) is 18.6 Å². The van der Waals surface area contributed by atoms with E-state index in [4.69, 9.17) is 9.15 Å². The normalized spacial score (nSPS) is 11.4. The van der Waals surface area contributed by atoms with Gasteiger partial charge >= 0.3 is 0 Å². The van der Waals surface area contributed by atoms with Gasteiger partial charge in [0.2, 0.25) is 5.91 Å². The van der Waals surface area contributed by atoms with Gasteiger partial charge in [0, 0.05) is 16.5 Å². The number of hydrogen-bond acceptors (Lipinski definition) is 3. The molecule has 4 heteroatoms. The zero-order valence-corrected chi connectivity index (χ0v) is 12.1. The minimum Gasteiger partial charge on any atom is -0.456 e. The Morgan fingerprint density at radius 3 is 2.71 bits per heavy atom. The van der Waals surface area contributed by atoms with E-state index in [0.29, 0.717) is 0 Å². The van der Waals surface area contributed by atoms with Crippen molar-refractivity contribution in [1.29, 1.82) is 0 Å². The van der Waals surface area contributed by atoms with Gasteiger partial charge < -0.3 is 14.5 Å². The van der Waals surface area contributed by atoms with Crippen molar-refractivity contribution in [1.82, 2.24) is 0 Å². The summed E-state index contributed by atoms with van der Waals surface area (Å²) in [5.41, 5.74) is 2.40. The predicted octanol–water partition coefficient (Wildman–Crippen LogP) is 3.95. The topological polar surface area (TPSA) is 51.5 Å². The molecule has 0 aliphatic heterocycles. The van der Waals surface area contributed by atoms with Gasteiger partial charge in [-0.3, -0.25) is 4.79 Å². The second-order valence-electron chi connectivity index (χ2n) is 5.22. The van der Waals surface area contributed by atoms with E-state index in [1.807, 2.05) is 56.3 Å². The minimum absolute atomic E-state index is 0.0380. The van der Waals surface area contributed by atoms with Crippen LogP contribution in [0.2, 0.25) is 0 Å². The number of ether oxygens (including phenoxy) is 1. The molecule has 1 heterocycles. The van der Waals surface area contributed by atoms with E-state index in [1.165, 1.54) is 0 Å². The van der Waals surface area contributed by atoms with Gasteiger partial charge in [-0.1, -0.05) is 18.2 Å². The first-order valence-corrected chi connectivity index (χ1v) is 6.96. The highest BCUT2D eigenvalue weighted by Crippen LogP contribution is 2.30. The molecule has 0 atom stereocenters. The number of carbonyl (C=O) groups is 1. The molecule has 0 saturated heterocycles. The molecule has 3 rings (SSSR count). The van der Waals surface area contributed by atoms with Crippen LogP contribution >= 0.6 is 0 Å². The fraction of sp³-hybridized carbons (Fsp3) is 0.235. The predicted molar refractivity (Wildman–Crippen MR) is 83.4 cm³/mol. The first-order chi connectivity index (χ1) is 10.1. The van der Waals surface area contributed by atoms with Crippen molar-refractivity contribution in [3.05, 3.63) is 42.5 Å². The number of amides is 1. The van der Waals surface area contributed by atoms with E-state index in [-0.39, 0.29) is 18.6 Å². The number of hydrogen-bond donors (Lipinski definition) is 1. The third-order valence-electron chi connectivity index (χ3n) is 3.21. The maximum Gasteiger partial charge on any atom is 0.250 e. The summed E-state index contributed by atoms with van der Waals surface area (Å²) in [6.45, 7) is 3.86. The Hall–Kier alpha value is -2.33. The molecule has 0 saturated carbocycles. The zero-order valence-electron chi connectivity index (χ0n) is 12.1. The molecule has 0 spiro atoms. The molecule has 108 valence electrons. The Labute approximate surface area is 122 Å². The average Bonchev–Trinajstić information content (AvgIpc) is 2.83. The number of fused-ring (bicyclic) bond motifs is 3. The fourth-order valence-electron chi connectivity index (χ4n) is 2.24. The lowest BCUT2D eigenvalue weighted by Crippen LogP contribution is -2.20. The van der Waals surface area contributed by atoms with E-state index >= 15 is 0 Å². The number of benzene rings is 2. The molecular formula is C17H17NO3. The van der Waals surface area contributed by atoms with Crippen molar-refractivity contribution in [2.45, 2.75) is 20.0 Å². The summed E-state index contributed by atoms with van der Waals surface area (Å²) in [7, 11) is 0. The molecule has 1 aromatic heterocycles. The molecule has 0 fully saturated rings. The van der Waals surface area contributed by atoms with Crippen LogP contribution in [0.15, 0.2) is 46.9 Å². The first-order valence-electron chi connectivity index (χ1n) is 6.96. The van der Waals surface area contributed by atoms with Crippen LogP contribution in [0.4, 0.5) is 5.69 Å². The lowest BCUT2D eigenvalue weighted by Gasteiger charge is -2.08. The van der Waals surface area contributed by atoms with E-state index < -0.39 is 0 Å². The SMILES string of the molecule is CC(C)OCC(=O)Nc1ccc2oc3ccccc3c2c1. The Kier molecular flexibility index (Phi) is 3.62. The first kappa shape index (κ1) is 13.6. The molecule has 1 amide bonds. The molecule has 2 aromatic carbocycles. The van der Waals surface area contributed by atoms with Crippen LogP contribution in [0.5, 0.6) is 0 Å². The summed E-state index contributed by atoms with van der Waals surface area (Å²) in [4.78, 5) is 11.8. The fourth-order valence-corrected chi connectivity index (χ4v) is 2.24. The van der Waals surface area contributed by atoms with E-state index in [9.17, 15) is 4.79 Å². The average molecular weight is 283 g/mol. The lowest BCUT2D eigenvalue weighted by molar-refractivity contribution is -0.121. The molecule has 0 bridgehead atoms. The second-order valence-corrected chi connectivity index (χ2v) is 5.22. The van der Waals surface area contributed by atoms with Gasteiger partial charge in [0.15, 0.2) is 0 Å². The van der Waals surface area contributed by atoms with Crippen LogP contribution in [0.3, 0.4) is 0 Å². The quantitative estimate of drug-likeness (QED) is 0.788. The zero-order chi connectivity index (χ0) is 14.8. The highest BCUT2D eigenvalue weighted by Gasteiger charge is 2.09. The van der Waals surface area contributed by atoms with Crippen molar-refractivity contribution in [2.24, 2.45) is 0 Å². The highest BCUT2D eigenvalue weighted by atomic mass is 16.5. The number of furan rings is 1. The van der Waals surface area contributed by atoms with E-state index in [1.54, 1.807) is 0 Å². The summed E-state index contributed by atoms with van der Waals surface area (Å²) in [6, 6.07) is 13.5. The van der Waals surface area contributed by atoms with E-state index in [0.717, 1.165) is 27.6 Å². The lowest BCUT2D eigenvalue weighted by atomic mass is 10.1. The minimum atomic E-state index is -0.157. The number of para-hydroxylation sites is 1. The third kappa shape index (κ3) is 2.90. The number of nitrogens with one attached hydrogen (secondary N) is 1. The Morgan fingerprint density at radius 1 is 1.14 bits per heavy atom. The second kappa shape index (κ2) is 5.58. The molecule has 4 nitrogen and oxygen atoms in total. The summed E-state index contributed by atoms with van der Waals surface area (Å²) < 4.78 is 11.0. The van der Waals surface area contributed by atoms with Crippen molar-refractivity contribution >= 4 is 33.5 Å². The van der Waals surface area contributed by atoms with Crippen molar-refractivity contribution < 1.29 is 13.9 Å². The maximum atomic E-state index is 11.8. The monoisotopic (exact) mass is 283 g/mol. The van der Waals surface area contributed by atoms with Crippen LogP contribution in [0, 0.1) is 0 Å². The number of anilines is 1. The van der Waals surface area contributed by atoms with Gasteiger partial charge in [-0.15, -0.1) is 0 Å². The molecule has 0 aliphatic rings. The number of rotatable bonds is 4. The van der Waals surface area contributed by atoms with Gasteiger partial charge in [0.25, 0.3) is 0 Å². The third-order valence-corrected chi connectivity index (χ3v) is 3.21. The smallest absolute Gasteiger partial charge is 0.250 e. The number of carbonyl (C=O) groups excluding carboxylic acids is 1. The molecule has 1 N–H and O–H groups in total. The van der Waals surface area contributed by atoms with Crippen molar-refractivity contribution in [2.75, 3.05) is 11.9 Å². The van der Waals surface area contributed by atoms with Crippen LogP contribution < -0.4 is 5.32 Å². The molecule has 21 heavy (non-hydrogen) atoms. The summed E-state index contributed by atoms with van der Waals surface area (Å²) >= 11 is 0. The Bertz CT molecular complexity index is 789. The van der Waals surface area contributed by atoms with Gasteiger partial charge in [-0.05, 0) is 38.1 Å². The van der Waals surface area contributed by atoms with Crippen LogP contribution in [-0.2, 0) is 9.53 Å². The molecule has 3 aromatic rings. The molecular weight excluding hydrogens is 266 g/mol. The molecule has 0 radical (unpaired) electrons. The van der Waals surface area contributed by atoms with Gasteiger partial charge in [0.05, 0.1) is 6.10 Å². The van der Waals surface area contributed by atoms with Crippen LogP contribution in [0.25, 0.3) is 21.9 Å². The molecule has 0 aliphatic carbocycles. The maximum absolute atomic E-state index is 11.8. The Morgan fingerprint density at radius 2 is 1.90 bits per heavy atom.